The summed E-state index contributed by atoms with van der Waals surface area (Å²) in [6, 6.07) is 10.4. The molecule has 0 unspecified atom stereocenters. The highest BCUT2D eigenvalue weighted by Crippen LogP contribution is 2.30. The lowest BCUT2D eigenvalue weighted by atomic mass is 10.2. The third kappa shape index (κ3) is 6.74. The number of methoxy groups -OCH3 is 2. The van der Waals surface area contributed by atoms with Gasteiger partial charge in [0.05, 0.1) is 27.4 Å². The summed E-state index contributed by atoms with van der Waals surface area (Å²) in [5.41, 5.74) is 1.55. The highest BCUT2D eigenvalue weighted by molar-refractivity contribution is 14.0. The lowest BCUT2D eigenvalue weighted by Crippen LogP contribution is -2.30. The predicted octanol–water partition coefficient (Wildman–Crippen LogP) is 4.44. The van der Waals surface area contributed by atoms with Crippen molar-refractivity contribution in [3.8, 4) is 17.2 Å². The number of anilines is 1. The van der Waals surface area contributed by atoms with Gasteiger partial charge in [-0.15, -0.1) is 24.0 Å². The van der Waals surface area contributed by atoms with E-state index in [1.807, 2.05) is 32.0 Å². The number of benzene rings is 2. The Morgan fingerprint density at radius 2 is 1.71 bits per heavy atom. The van der Waals surface area contributed by atoms with Crippen LogP contribution in [0.3, 0.4) is 0 Å². The van der Waals surface area contributed by atoms with Gasteiger partial charge in [-0.3, -0.25) is 0 Å². The average molecular weight is 503 g/mol. The normalized spacial score (nSPS) is 10.7. The standard InChI is InChI=1S/C20H26FN3O3.HI/c1-5-22-20(23-13-14-7-9-17(25-3)16(21)11-14)24-15-8-10-18(26-4)19(12-15)27-6-2;/h7-12H,5-6,13H2,1-4H3,(H2,22,23,24);1H. The molecule has 2 aromatic carbocycles. The van der Waals surface area contributed by atoms with E-state index in [1.54, 1.807) is 19.2 Å². The molecule has 0 amide bonds. The van der Waals surface area contributed by atoms with Crippen LogP contribution in [0.4, 0.5) is 10.1 Å². The molecule has 0 aromatic heterocycles. The van der Waals surface area contributed by atoms with Gasteiger partial charge in [0.15, 0.2) is 29.0 Å². The van der Waals surface area contributed by atoms with Crippen LogP contribution in [0.1, 0.15) is 19.4 Å². The molecule has 28 heavy (non-hydrogen) atoms. The van der Waals surface area contributed by atoms with E-state index in [1.165, 1.54) is 13.2 Å². The first-order chi connectivity index (χ1) is 13.1. The molecule has 0 aliphatic carbocycles. The second-order valence-electron chi connectivity index (χ2n) is 5.59. The Labute approximate surface area is 182 Å². The second-order valence-corrected chi connectivity index (χ2v) is 5.59. The summed E-state index contributed by atoms with van der Waals surface area (Å²) in [5, 5.41) is 6.39. The SMILES string of the molecule is CCNC(=NCc1ccc(OC)c(F)c1)Nc1ccc(OC)c(OCC)c1.I. The van der Waals surface area contributed by atoms with Crippen LogP contribution in [0.15, 0.2) is 41.4 Å². The van der Waals surface area contributed by atoms with Crippen LogP contribution in [0.5, 0.6) is 17.2 Å². The Kier molecular flexibility index (Phi) is 10.4. The fourth-order valence-electron chi connectivity index (χ4n) is 2.45. The van der Waals surface area contributed by atoms with E-state index in [0.717, 1.165) is 11.3 Å². The number of aliphatic imine (C=N–C) groups is 1. The molecule has 0 saturated heterocycles. The van der Waals surface area contributed by atoms with Crippen molar-refractivity contribution in [2.24, 2.45) is 4.99 Å². The van der Waals surface area contributed by atoms with Crippen molar-refractivity contribution in [2.75, 3.05) is 32.7 Å². The first-order valence-corrected chi connectivity index (χ1v) is 8.79. The maximum Gasteiger partial charge on any atom is 0.196 e. The highest BCUT2D eigenvalue weighted by Gasteiger charge is 2.08. The number of hydrogen-bond donors (Lipinski definition) is 2. The van der Waals surface area contributed by atoms with Crippen molar-refractivity contribution >= 4 is 35.6 Å². The van der Waals surface area contributed by atoms with Crippen LogP contribution in [-0.4, -0.2) is 33.3 Å². The molecule has 8 heteroatoms. The molecule has 0 aliphatic rings. The lowest BCUT2D eigenvalue weighted by molar-refractivity contribution is 0.311. The summed E-state index contributed by atoms with van der Waals surface area (Å²) in [4.78, 5) is 4.51. The van der Waals surface area contributed by atoms with Crippen molar-refractivity contribution in [3.63, 3.8) is 0 Å². The van der Waals surface area contributed by atoms with Crippen LogP contribution >= 0.6 is 24.0 Å². The quantitative estimate of drug-likeness (QED) is 0.317. The summed E-state index contributed by atoms with van der Waals surface area (Å²) in [6.45, 7) is 5.45. The van der Waals surface area contributed by atoms with E-state index in [2.05, 4.69) is 15.6 Å². The van der Waals surface area contributed by atoms with Gasteiger partial charge in [-0.2, -0.15) is 0 Å². The lowest BCUT2D eigenvalue weighted by Gasteiger charge is -2.14. The van der Waals surface area contributed by atoms with Gasteiger partial charge >= 0.3 is 0 Å². The van der Waals surface area contributed by atoms with Crippen molar-refractivity contribution < 1.29 is 18.6 Å². The molecular formula is C20H27FIN3O3. The Morgan fingerprint density at radius 3 is 2.32 bits per heavy atom. The molecule has 0 radical (unpaired) electrons. The van der Waals surface area contributed by atoms with Gasteiger partial charge in [-0.25, -0.2) is 9.38 Å². The third-order valence-corrected chi connectivity index (χ3v) is 3.71. The first-order valence-electron chi connectivity index (χ1n) is 8.79. The monoisotopic (exact) mass is 503 g/mol. The summed E-state index contributed by atoms with van der Waals surface area (Å²) in [6.07, 6.45) is 0. The zero-order valence-corrected chi connectivity index (χ0v) is 18.9. The average Bonchev–Trinajstić information content (AvgIpc) is 2.67. The predicted molar refractivity (Wildman–Crippen MR) is 121 cm³/mol. The van der Waals surface area contributed by atoms with E-state index in [4.69, 9.17) is 14.2 Å². The Morgan fingerprint density at radius 1 is 1.00 bits per heavy atom. The van der Waals surface area contributed by atoms with Gasteiger partial charge in [-0.05, 0) is 43.7 Å². The van der Waals surface area contributed by atoms with E-state index in [9.17, 15) is 4.39 Å². The van der Waals surface area contributed by atoms with Gasteiger partial charge in [0.2, 0.25) is 0 Å². The number of halogens is 2. The van der Waals surface area contributed by atoms with Crippen LogP contribution in [0.25, 0.3) is 0 Å². The van der Waals surface area contributed by atoms with E-state index >= 15 is 0 Å². The molecule has 0 aliphatic heterocycles. The van der Waals surface area contributed by atoms with Crippen LogP contribution in [-0.2, 0) is 6.54 Å². The number of nitrogens with zero attached hydrogens (tertiary/aromatic N) is 1. The largest absolute Gasteiger partial charge is 0.494 e. The molecule has 2 rings (SSSR count). The van der Waals surface area contributed by atoms with Crippen molar-refractivity contribution in [2.45, 2.75) is 20.4 Å². The molecule has 0 fully saturated rings. The fourth-order valence-corrected chi connectivity index (χ4v) is 2.45. The highest BCUT2D eigenvalue weighted by atomic mass is 127. The Balaban J connectivity index is 0.00000392. The van der Waals surface area contributed by atoms with Gasteiger partial charge < -0.3 is 24.8 Å². The van der Waals surface area contributed by atoms with E-state index in [-0.39, 0.29) is 29.7 Å². The molecule has 2 N–H and O–H groups in total. The zero-order valence-electron chi connectivity index (χ0n) is 16.5. The van der Waals surface area contributed by atoms with Crippen LogP contribution < -0.4 is 24.8 Å². The molecule has 0 spiro atoms. The smallest absolute Gasteiger partial charge is 0.196 e. The third-order valence-electron chi connectivity index (χ3n) is 3.71. The number of guanidine groups is 1. The number of ether oxygens (including phenoxy) is 3. The molecule has 0 bridgehead atoms. The summed E-state index contributed by atoms with van der Waals surface area (Å²) >= 11 is 0. The molecule has 0 saturated carbocycles. The second kappa shape index (κ2) is 12.3. The Hall–Kier alpha value is -2.23. The Bertz CT molecular complexity index is 787. The number of nitrogens with one attached hydrogen (secondary N) is 2. The van der Waals surface area contributed by atoms with Gasteiger partial charge in [0, 0.05) is 18.3 Å². The maximum absolute atomic E-state index is 13.8. The minimum atomic E-state index is -0.403. The molecule has 2 aromatic rings. The maximum atomic E-state index is 13.8. The summed E-state index contributed by atoms with van der Waals surface area (Å²) in [7, 11) is 3.04. The molecular weight excluding hydrogens is 476 g/mol. The van der Waals surface area contributed by atoms with Gasteiger partial charge in [0.25, 0.3) is 0 Å². The first kappa shape index (κ1) is 23.8. The van der Waals surface area contributed by atoms with E-state index < -0.39 is 5.82 Å². The van der Waals surface area contributed by atoms with Gasteiger partial charge in [0.1, 0.15) is 0 Å². The topological polar surface area (TPSA) is 64.1 Å². The zero-order chi connectivity index (χ0) is 19.6. The van der Waals surface area contributed by atoms with Crippen molar-refractivity contribution in [1.82, 2.24) is 5.32 Å². The number of hydrogen-bond acceptors (Lipinski definition) is 4. The van der Waals surface area contributed by atoms with Crippen molar-refractivity contribution in [3.05, 3.63) is 47.8 Å². The molecule has 154 valence electrons. The van der Waals surface area contributed by atoms with Crippen molar-refractivity contribution in [1.29, 1.82) is 0 Å². The summed E-state index contributed by atoms with van der Waals surface area (Å²) in [5.74, 6) is 1.71. The minimum Gasteiger partial charge on any atom is -0.494 e. The van der Waals surface area contributed by atoms with Crippen LogP contribution in [0.2, 0.25) is 0 Å². The fraction of sp³-hybridized carbons (Fsp3) is 0.350. The number of rotatable bonds is 8. The summed E-state index contributed by atoms with van der Waals surface area (Å²) < 4.78 is 29.7. The molecule has 0 heterocycles. The molecule has 6 nitrogen and oxygen atoms in total. The molecule has 0 atom stereocenters. The van der Waals surface area contributed by atoms with Gasteiger partial charge in [-0.1, -0.05) is 6.07 Å². The van der Waals surface area contributed by atoms with Crippen LogP contribution in [0, 0.1) is 5.82 Å². The van der Waals surface area contributed by atoms with E-state index in [0.29, 0.717) is 37.2 Å². The minimum absolute atomic E-state index is 0.